The molecular formula is C12H22N2. The molecule has 3 rings (SSSR count). The monoisotopic (exact) mass is 194 g/mol. The van der Waals surface area contributed by atoms with E-state index in [9.17, 15) is 0 Å². The standard InChI is InChI=1S/C12H22N2/c1-2-4-11-9(3-1)5-6-10-7-8-13-14-12(10)11/h9-14H,1-8H2. The molecule has 1 aliphatic heterocycles. The molecule has 2 aliphatic carbocycles. The molecule has 0 bridgehead atoms. The highest BCUT2D eigenvalue weighted by molar-refractivity contribution is 4.94. The maximum atomic E-state index is 3.57. The normalized spacial score (nSPS) is 48.0. The lowest BCUT2D eigenvalue weighted by Crippen LogP contribution is -2.58. The minimum Gasteiger partial charge on any atom is -0.258 e. The SMILES string of the molecule is C1CCC2C(C1)CCC1CCNNC12. The summed E-state index contributed by atoms with van der Waals surface area (Å²) in [7, 11) is 0. The van der Waals surface area contributed by atoms with Gasteiger partial charge in [-0.2, -0.15) is 0 Å². The van der Waals surface area contributed by atoms with E-state index in [0.717, 1.165) is 23.8 Å². The molecule has 1 saturated heterocycles. The fraction of sp³-hybridized carbons (Fsp3) is 1.00. The molecule has 2 saturated carbocycles. The highest BCUT2D eigenvalue weighted by Gasteiger charge is 2.40. The summed E-state index contributed by atoms with van der Waals surface area (Å²) in [5.74, 6) is 3.03. The van der Waals surface area contributed by atoms with Gasteiger partial charge in [0.2, 0.25) is 0 Å². The van der Waals surface area contributed by atoms with Gasteiger partial charge in [0.05, 0.1) is 0 Å². The van der Waals surface area contributed by atoms with Crippen LogP contribution in [0.15, 0.2) is 0 Å². The Kier molecular flexibility index (Phi) is 2.50. The van der Waals surface area contributed by atoms with Gasteiger partial charge >= 0.3 is 0 Å². The molecule has 80 valence electrons. The molecule has 2 N–H and O–H groups in total. The molecule has 4 unspecified atom stereocenters. The van der Waals surface area contributed by atoms with Crippen molar-refractivity contribution < 1.29 is 0 Å². The van der Waals surface area contributed by atoms with Crippen molar-refractivity contribution in [3.8, 4) is 0 Å². The van der Waals surface area contributed by atoms with Gasteiger partial charge in [-0.1, -0.05) is 19.3 Å². The topological polar surface area (TPSA) is 24.1 Å². The van der Waals surface area contributed by atoms with Crippen LogP contribution in [-0.2, 0) is 0 Å². The Hall–Kier alpha value is -0.0800. The summed E-state index contributed by atoms with van der Waals surface area (Å²) in [5, 5.41) is 0. The molecule has 2 heteroatoms. The molecule has 1 heterocycles. The number of hydrogen-bond acceptors (Lipinski definition) is 2. The minimum atomic E-state index is 0.808. The summed E-state index contributed by atoms with van der Waals surface area (Å²) in [4.78, 5) is 0. The number of hydrogen-bond donors (Lipinski definition) is 2. The highest BCUT2D eigenvalue weighted by atomic mass is 15.4. The van der Waals surface area contributed by atoms with Crippen LogP contribution in [0.3, 0.4) is 0 Å². The van der Waals surface area contributed by atoms with Gasteiger partial charge < -0.3 is 0 Å². The zero-order valence-electron chi connectivity index (χ0n) is 8.97. The van der Waals surface area contributed by atoms with Gasteiger partial charge in [0.1, 0.15) is 0 Å². The average molecular weight is 194 g/mol. The summed E-state index contributed by atoms with van der Waals surface area (Å²) in [6, 6.07) is 0.808. The number of fused-ring (bicyclic) bond motifs is 3. The van der Waals surface area contributed by atoms with Crippen LogP contribution in [0.1, 0.15) is 44.9 Å². The van der Waals surface area contributed by atoms with Crippen molar-refractivity contribution in [3.63, 3.8) is 0 Å². The zero-order chi connectivity index (χ0) is 9.38. The first-order chi connectivity index (χ1) is 6.95. The average Bonchev–Trinajstić information content (AvgIpc) is 2.29. The Morgan fingerprint density at radius 3 is 2.64 bits per heavy atom. The molecule has 0 amide bonds. The zero-order valence-corrected chi connectivity index (χ0v) is 8.97. The summed E-state index contributed by atoms with van der Waals surface area (Å²) in [6.45, 7) is 1.18. The van der Waals surface area contributed by atoms with E-state index in [1.54, 1.807) is 0 Å². The maximum Gasteiger partial charge on any atom is 0.0272 e. The Morgan fingerprint density at radius 1 is 0.786 bits per heavy atom. The van der Waals surface area contributed by atoms with E-state index in [1.165, 1.54) is 51.5 Å². The number of hydrazine groups is 1. The van der Waals surface area contributed by atoms with Crippen molar-refractivity contribution in [2.45, 2.75) is 51.0 Å². The molecular weight excluding hydrogens is 172 g/mol. The molecule has 0 aromatic carbocycles. The maximum absolute atomic E-state index is 3.57. The van der Waals surface area contributed by atoms with Crippen molar-refractivity contribution in [1.82, 2.24) is 10.9 Å². The summed E-state index contributed by atoms with van der Waals surface area (Å²) in [5.41, 5.74) is 6.94. The Bertz CT molecular complexity index is 182. The number of nitrogens with one attached hydrogen (secondary N) is 2. The predicted octanol–water partition coefficient (Wildman–Crippen LogP) is 2.07. The van der Waals surface area contributed by atoms with Crippen molar-refractivity contribution in [1.29, 1.82) is 0 Å². The smallest absolute Gasteiger partial charge is 0.0272 e. The third-order valence-electron chi connectivity index (χ3n) is 4.75. The third-order valence-corrected chi connectivity index (χ3v) is 4.75. The quantitative estimate of drug-likeness (QED) is 0.617. The predicted molar refractivity (Wildman–Crippen MR) is 57.7 cm³/mol. The van der Waals surface area contributed by atoms with Crippen LogP contribution in [0.5, 0.6) is 0 Å². The van der Waals surface area contributed by atoms with Crippen molar-refractivity contribution in [2.75, 3.05) is 6.54 Å². The van der Waals surface area contributed by atoms with E-state index in [0.29, 0.717) is 0 Å². The molecule has 0 radical (unpaired) electrons. The second-order valence-electron chi connectivity index (χ2n) is 5.43. The lowest BCUT2D eigenvalue weighted by molar-refractivity contribution is 0.0503. The highest BCUT2D eigenvalue weighted by Crippen LogP contribution is 2.44. The van der Waals surface area contributed by atoms with Crippen LogP contribution in [0.4, 0.5) is 0 Å². The van der Waals surface area contributed by atoms with Gasteiger partial charge in [0.25, 0.3) is 0 Å². The molecule has 4 atom stereocenters. The molecule has 0 aromatic rings. The van der Waals surface area contributed by atoms with Crippen LogP contribution < -0.4 is 10.9 Å². The van der Waals surface area contributed by atoms with Gasteiger partial charge in [-0.05, 0) is 43.4 Å². The summed E-state index contributed by atoms with van der Waals surface area (Å²) in [6.07, 6.45) is 10.4. The molecule has 0 aromatic heterocycles. The minimum absolute atomic E-state index is 0.808. The van der Waals surface area contributed by atoms with Crippen molar-refractivity contribution in [3.05, 3.63) is 0 Å². The van der Waals surface area contributed by atoms with Gasteiger partial charge in [0, 0.05) is 12.6 Å². The molecule has 0 spiro atoms. The molecule has 2 nitrogen and oxygen atoms in total. The molecule has 3 fully saturated rings. The fourth-order valence-electron chi connectivity index (χ4n) is 4.02. The fourth-order valence-corrected chi connectivity index (χ4v) is 4.02. The van der Waals surface area contributed by atoms with Crippen molar-refractivity contribution >= 4 is 0 Å². The largest absolute Gasteiger partial charge is 0.258 e. The van der Waals surface area contributed by atoms with E-state index in [-0.39, 0.29) is 0 Å². The van der Waals surface area contributed by atoms with Crippen molar-refractivity contribution in [2.24, 2.45) is 17.8 Å². The second-order valence-corrected chi connectivity index (χ2v) is 5.43. The van der Waals surface area contributed by atoms with Crippen LogP contribution in [-0.4, -0.2) is 12.6 Å². The Balaban J connectivity index is 1.74. The molecule has 3 aliphatic rings. The lowest BCUT2D eigenvalue weighted by atomic mass is 9.64. The van der Waals surface area contributed by atoms with Gasteiger partial charge in [-0.3, -0.25) is 10.9 Å². The van der Waals surface area contributed by atoms with Gasteiger partial charge in [0.15, 0.2) is 0 Å². The summed E-state index contributed by atoms with van der Waals surface area (Å²) >= 11 is 0. The first kappa shape index (κ1) is 9.17. The van der Waals surface area contributed by atoms with E-state index in [4.69, 9.17) is 0 Å². The lowest BCUT2D eigenvalue weighted by Gasteiger charge is -2.48. The first-order valence-electron chi connectivity index (χ1n) is 6.43. The Labute approximate surface area is 86.8 Å². The van der Waals surface area contributed by atoms with Gasteiger partial charge in [-0.15, -0.1) is 0 Å². The van der Waals surface area contributed by atoms with E-state index >= 15 is 0 Å². The van der Waals surface area contributed by atoms with Crippen LogP contribution >= 0.6 is 0 Å². The first-order valence-corrected chi connectivity index (χ1v) is 6.43. The number of rotatable bonds is 0. The second kappa shape index (κ2) is 3.82. The van der Waals surface area contributed by atoms with Crippen LogP contribution in [0, 0.1) is 17.8 Å². The van der Waals surface area contributed by atoms with Crippen LogP contribution in [0.2, 0.25) is 0 Å². The Morgan fingerprint density at radius 2 is 1.64 bits per heavy atom. The van der Waals surface area contributed by atoms with E-state index < -0.39 is 0 Å². The van der Waals surface area contributed by atoms with Gasteiger partial charge in [-0.25, -0.2) is 0 Å². The third kappa shape index (κ3) is 1.49. The van der Waals surface area contributed by atoms with E-state index in [1.807, 2.05) is 0 Å². The molecule has 14 heavy (non-hydrogen) atoms. The van der Waals surface area contributed by atoms with E-state index in [2.05, 4.69) is 10.9 Å². The van der Waals surface area contributed by atoms with Crippen LogP contribution in [0.25, 0.3) is 0 Å². The summed E-state index contributed by atoms with van der Waals surface area (Å²) < 4.78 is 0.